The summed E-state index contributed by atoms with van der Waals surface area (Å²) >= 11 is 0. The maximum atomic E-state index is 11.2. The van der Waals surface area contributed by atoms with Crippen LogP contribution < -0.4 is 9.47 Å². The summed E-state index contributed by atoms with van der Waals surface area (Å²) in [5.74, 6) is 1.50. The molecular formula is C19H30O7S. The second-order valence-electron chi connectivity index (χ2n) is 6.33. The lowest BCUT2D eigenvalue weighted by atomic mass is 9.95. The molecule has 8 heteroatoms. The molecule has 0 atom stereocenters. The van der Waals surface area contributed by atoms with Crippen LogP contribution in [0.4, 0.5) is 0 Å². The topological polar surface area (TPSA) is 80.3 Å². The van der Waals surface area contributed by atoms with E-state index < -0.39 is 10.1 Å². The quantitative estimate of drug-likeness (QED) is 0.320. The van der Waals surface area contributed by atoms with Crippen molar-refractivity contribution in [2.45, 2.75) is 34.1 Å². The van der Waals surface area contributed by atoms with Crippen LogP contribution in [0.3, 0.4) is 0 Å². The van der Waals surface area contributed by atoms with E-state index in [-0.39, 0.29) is 20.2 Å². The van der Waals surface area contributed by atoms with Crippen LogP contribution in [0.2, 0.25) is 0 Å². The van der Waals surface area contributed by atoms with Crippen molar-refractivity contribution in [2.24, 2.45) is 0 Å². The van der Waals surface area contributed by atoms with Crippen molar-refractivity contribution in [1.29, 1.82) is 0 Å². The van der Waals surface area contributed by atoms with E-state index in [9.17, 15) is 8.42 Å². The average molecular weight is 403 g/mol. The van der Waals surface area contributed by atoms with Gasteiger partial charge in [-0.05, 0) is 56.4 Å². The first kappa shape index (κ1) is 23.4. The van der Waals surface area contributed by atoms with Gasteiger partial charge in [0.2, 0.25) is 0 Å². The molecular weight excluding hydrogens is 372 g/mol. The third-order valence-electron chi connectivity index (χ3n) is 4.11. The molecule has 0 aliphatic carbocycles. The van der Waals surface area contributed by atoms with Crippen molar-refractivity contribution >= 4 is 10.1 Å². The Morgan fingerprint density at radius 2 is 1.44 bits per heavy atom. The van der Waals surface area contributed by atoms with Gasteiger partial charge < -0.3 is 18.9 Å². The molecule has 0 amide bonds. The van der Waals surface area contributed by atoms with Gasteiger partial charge in [0.1, 0.15) is 11.5 Å². The summed E-state index contributed by atoms with van der Waals surface area (Å²) in [6.45, 7) is 8.01. The van der Waals surface area contributed by atoms with Crippen LogP contribution in [-0.2, 0) is 30.2 Å². The molecule has 0 saturated carbocycles. The first-order chi connectivity index (χ1) is 12.6. The molecule has 0 unspecified atom stereocenters. The summed E-state index contributed by atoms with van der Waals surface area (Å²) in [5, 5.41) is 0. The van der Waals surface area contributed by atoms with Crippen molar-refractivity contribution in [3.05, 3.63) is 33.9 Å². The van der Waals surface area contributed by atoms with Gasteiger partial charge in [-0.1, -0.05) is 6.08 Å². The predicted molar refractivity (Wildman–Crippen MR) is 104 cm³/mol. The molecule has 0 aliphatic rings. The Labute approximate surface area is 162 Å². The highest BCUT2D eigenvalue weighted by atomic mass is 32.2. The monoisotopic (exact) mass is 402 g/mol. The minimum absolute atomic E-state index is 0.0179. The molecule has 27 heavy (non-hydrogen) atoms. The second-order valence-corrected chi connectivity index (χ2v) is 7.98. The fourth-order valence-corrected chi connectivity index (χ4v) is 2.98. The van der Waals surface area contributed by atoms with Gasteiger partial charge >= 0.3 is 0 Å². The number of benzene rings is 1. The Kier molecular flexibility index (Phi) is 9.25. The summed E-state index contributed by atoms with van der Waals surface area (Å²) in [5.41, 5.74) is 4.61. The Hall–Kier alpha value is -1.61. The third kappa shape index (κ3) is 7.14. The highest BCUT2D eigenvalue weighted by Gasteiger charge is 2.19. The van der Waals surface area contributed by atoms with Crippen molar-refractivity contribution in [1.82, 2.24) is 0 Å². The number of hydrogen-bond donors (Lipinski definition) is 0. The Bertz CT molecular complexity index is 767. The van der Waals surface area contributed by atoms with Gasteiger partial charge in [-0.2, -0.15) is 8.42 Å². The van der Waals surface area contributed by atoms with Crippen LogP contribution in [0.1, 0.15) is 29.2 Å². The van der Waals surface area contributed by atoms with Gasteiger partial charge in [0, 0.05) is 19.8 Å². The zero-order valence-corrected chi connectivity index (χ0v) is 18.0. The normalized spacial score (nSPS) is 12.3. The fourth-order valence-electron chi connectivity index (χ4n) is 2.58. The van der Waals surface area contributed by atoms with E-state index in [1.807, 2.05) is 33.8 Å². The molecule has 0 N–H and O–H groups in total. The van der Waals surface area contributed by atoms with Crippen LogP contribution in [0.15, 0.2) is 11.6 Å². The highest BCUT2D eigenvalue weighted by Crippen LogP contribution is 2.38. The van der Waals surface area contributed by atoms with E-state index in [2.05, 4.69) is 0 Å². The van der Waals surface area contributed by atoms with E-state index in [0.29, 0.717) is 6.42 Å². The standard InChI is InChI=1S/C19H30O7S/c1-13(10-26-27(7,20)21)8-9-17-16(4)18(24-11-22-5)14(2)15(3)19(17)25-12-23-6/h8H,9-12H2,1-7H3/b13-8+. The van der Waals surface area contributed by atoms with Crippen LogP contribution >= 0.6 is 0 Å². The summed E-state index contributed by atoms with van der Waals surface area (Å²) in [4.78, 5) is 0. The molecule has 0 aliphatic heterocycles. The molecule has 154 valence electrons. The van der Waals surface area contributed by atoms with Gasteiger partial charge in [0.05, 0.1) is 12.9 Å². The van der Waals surface area contributed by atoms with Crippen molar-refractivity contribution in [3.63, 3.8) is 0 Å². The molecule has 0 radical (unpaired) electrons. The van der Waals surface area contributed by atoms with Crippen LogP contribution in [-0.4, -0.2) is 49.1 Å². The second kappa shape index (κ2) is 10.7. The van der Waals surface area contributed by atoms with Gasteiger partial charge in [-0.15, -0.1) is 0 Å². The number of methoxy groups -OCH3 is 2. The Morgan fingerprint density at radius 3 is 1.96 bits per heavy atom. The van der Waals surface area contributed by atoms with E-state index in [1.165, 1.54) is 0 Å². The lowest BCUT2D eigenvalue weighted by Crippen LogP contribution is -2.10. The molecule has 0 aromatic heterocycles. The average Bonchev–Trinajstić information content (AvgIpc) is 2.60. The largest absolute Gasteiger partial charge is 0.467 e. The first-order valence-electron chi connectivity index (χ1n) is 8.48. The molecule has 0 spiro atoms. The smallest absolute Gasteiger partial charge is 0.264 e. The third-order valence-corrected chi connectivity index (χ3v) is 4.65. The zero-order chi connectivity index (χ0) is 20.6. The number of ether oxygens (including phenoxy) is 4. The maximum Gasteiger partial charge on any atom is 0.264 e. The van der Waals surface area contributed by atoms with E-state index in [0.717, 1.165) is 45.6 Å². The van der Waals surface area contributed by atoms with Crippen molar-refractivity contribution in [2.75, 3.05) is 40.7 Å². The van der Waals surface area contributed by atoms with Gasteiger partial charge in [0.25, 0.3) is 10.1 Å². The minimum Gasteiger partial charge on any atom is -0.467 e. The van der Waals surface area contributed by atoms with E-state index in [4.69, 9.17) is 23.1 Å². The van der Waals surface area contributed by atoms with Crippen molar-refractivity contribution < 1.29 is 31.5 Å². The summed E-state index contributed by atoms with van der Waals surface area (Å²) < 4.78 is 48.8. The fraction of sp³-hybridized carbons (Fsp3) is 0.579. The van der Waals surface area contributed by atoms with E-state index >= 15 is 0 Å². The lowest BCUT2D eigenvalue weighted by Gasteiger charge is -2.22. The summed E-state index contributed by atoms with van der Waals surface area (Å²) in [6, 6.07) is 0. The minimum atomic E-state index is -3.48. The molecule has 0 bridgehead atoms. The Morgan fingerprint density at radius 1 is 0.926 bits per heavy atom. The molecule has 1 aromatic rings. The Balaban J connectivity index is 3.25. The SMILES string of the molecule is COCOc1c(C)c(C)c(OCOC)c(C/C=C(\C)COS(C)(=O)=O)c1C. The van der Waals surface area contributed by atoms with E-state index in [1.54, 1.807) is 14.2 Å². The van der Waals surface area contributed by atoms with Crippen LogP contribution in [0.5, 0.6) is 11.5 Å². The molecule has 1 aromatic carbocycles. The molecule has 0 saturated heterocycles. The first-order valence-corrected chi connectivity index (χ1v) is 10.3. The van der Waals surface area contributed by atoms with Crippen LogP contribution in [0.25, 0.3) is 0 Å². The number of rotatable bonds is 11. The van der Waals surface area contributed by atoms with Crippen molar-refractivity contribution in [3.8, 4) is 11.5 Å². The number of allylic oxidation sites excluding steroid dienone is 1. The molecule has 1 rings (SSSR count). The highest BCUT2D eigenvalue weighted by molar-refractivity contribution is 7.85. The molecule has 7 nitrogen and oxygen atoms in total. The zero-order valence-electron chi connectivity index (χ0n) is 17.2. The molecule has 0 fully saturated rings. The number of hydrogen-bond acceptors (Lipinski definition) is 7. The predicted octanol–water partition coefficient (Wildman–Crippen LogP) is 3.04. The summed E-state index contributed by atoms with van der Waals surface area (Å²) in [6.07, 6.45) is 3.49. The molecule has 0 heterocycles. The summed E-state index contributed by atoms with van der Waals surface area (Å²) in [7, 11) is -0.337. The van der Waals surface area contributed by atoms with Gasteiger partial charge in [-0.25, -0.2) is 0 Å². The maximum absolute atomic E-state index is 11.2. The lowest BCUT2D eigenvalue weighted by molar-refractivity contribution is 0.0466. The van der Waals surface area contributed by atoms with Crippen LogP contribution in [0, 0.1) is 20.8 Å². The van der Waals surface area contributed by atoms with Gasteiger partial charge in [0.15, 0.2) is 13.6 Å². The van der Waals surface area contributed by atoms with Gasteiger partial charge in [-0.3, -0.25) is 4.18 Å².